The lowest BCUT2D eigenvalue weighted by molar-refractivity contribution is -0.384. The number of amides is 1. The maximum absolute atomic E-state index is 12.3. The molecule has 5 N–H and O–H groups in total. The van der Waals surface area contributed by atoms with Gasteiger partial charge in [0.15, 0.2) is 0 Å². The second-order valence-corrected chi connectivity index (χ2v) is 8.67. The molecule has 10 heteroatoms. The predicted molar refractivity (Wildman–Crippen MR) is 131 cm³/mol. The molecule has 0 bridgehead atoms. The van der Waals surface area contributed by atoms with Gasteiger partial charge in [-0.25, -0.2) is 4.79 Å². The smallest absolute Gasteiger partial charge is 0.407 e. The standard InChI is InChI=1S/C25H24ClN3O6/c26-14-11-19(23(27)21(12-14)29(33)34)24(31)22(30)9-10-28-25(32)35-13-20-17-7-3-1-5-15(17)16-6-2-4-8-18(16)20/h1-8,11-12,20,22,24,30-31H,9-10,13,27H2,(H,28,32). The van der Waals surface area contributed by atoms with E-state index in [1.165, 1.54) is 6.07 Å². The van der Waals surface area contributed by atoms with Crippen LogP contribution in [0.15, 0.2) is 60.7 Å². The number of hydrogen-bond donors (Lipinski definition) is 4. The Morgan fingerprint density at radius 3 is 2.31 bits per heavy atom. The van der Waals surface area contributed by atoms with Crippen molar-refractivity contribution in [1.82, 2.24) is 5.32 Å². The molecule has 0 aliphatic heterocycles. The van der Waals surface area contributed by atoms with E-state index in [2.05, 4.69) is 5.32 Å². The molecule has 0 heterocycles. The van der Waals surface area contributed by atoms with Crippen LogP contribution in [-0.2, 0) is 4.74 Å². The van der Waals surface area contributed by atoms with Crippen LogP contribution in [0.2, 0.25) is 5.02 Å². The molecule has 0 fully saturated rings. The lowest BCUT2D eigenvalue weighted by Crippen LogP contribution is -2.31. The number of benzene rings is 3. The van der Waals surface area contributed by atoms with Crippen LogP contribution in [0.1, 0.15) is 35.1 Å². The maximum atomic E-state index is 12.3. The van der Waals surface area contributed by atoms with Gasteiger partial charge in [0.05, 0.1) is 11.0 Å². The summed E-state index contributed by atoms with van der Waals surface area (Å²) in [5.74, 6) is -0.0813. The van der Waals surface area contributed by atoms with Crippen LogP contribution in [0.5, 0.6) is 0 Å². The van der Waals surface area contributed by atoms with Gasteiger partial charge in [-0.15, -0.1) is 0 Å². The highest BCUT2D eigenvalue weighted by atomic mass is 35.5. The van der Waals surface area contributed by atoms with Crippen molar-refractivity contribution < 1.29 is 24.7 Å². The molecule has 35 heavy (non-hydrogen) atoms. The third-order valence-corrected chi connectivity index (χ3v) is 6.31. The maximum Gasteiger partial charge on any atom is 0.407 e. The van der Waals surface area contributed by atoms with Crippen molar-refractivity contribution in [3.05, 3.63) is 92.5 Å². The van der Waals surface area contributed by atoms with Crippen LogP contribution in [0.25, 0.3) is 11.1 Å². The van der Waals surface area contributed by atoms with Crippen LogP contribution in [0.4, 0.5) is 16.2 Å². The molecule has 2 unspecified atom stereocenters. The molecule has 9 nitrogen and oxygen atoms in total. The van der Waals surface area contributed by atoms with Crippen LogP contribution in [-0.4, -0.2) is 40.5 Å². The second-order valence-electron chi connectivity index (χ2n) is 8.24. The van der Waals surface area contributed by atoms with Gasteiger partial charge in [-0.3, -0.25) is 10.1 Å². The van der Waals surface area contributed by atoms with Gasteiger partial charge in [0, 0.05) is 29.1 Å². The highest BCUT2D eigenvalue weighted by Gasteiger charge is 2.29. The molecule has 1 aliphatic rings. The predicted octanol–water partition coefficient (Wildman–Crippen LogP) is 4.15. The third kappa shape index (κ3) is 5.07. The van der Waals surface area contributed by atoms with E-state index in [0.29, 0.717) is 0 Å². The Labute approximate surface area is 206 Å². The summed E-state index contributed by atoms with van der Waals surface area (Å²) >= 11 is 5.89. The molecule has 3 aromatic carbocycles. The average Bonchev–Trinajstić information content (AvgIpc) is 3.17. The second kappa shape index (κ2) is 10.3. The Hall–Kier alpha value is -3.66. The fourth-order valence-corrected chi connectivity index (χ4v) is 4.58. The number of aliphatic hydroxyl groups is 2. The summed E-state index contributed by atoms with van der Waals surface area (Å²) in [4.78, 5) is 22.7. The number of rotatable bonds is 8. The molecule has 0 radical (unpaired) electrons. The topological polar surface area (TPSA) is 148 Å². The molecule has 2 atom stereocenters. The summed E-state index contributed by atoms with van der Waals surface area (Å²) in [6.07, 6.45) is -3.60. The molecular weight excluding hydrogens is 474 g/mol. The highest BCUT2D eigenvalue weighted by molar-refractivity contribution is 6.31. The first-order chi connectivity index (χ1) is 16.8. The first kappa shape index (κ1) is 24.5. The summed E-state index contributed by atoms with van der Waals surface area (Å²) in [7, 11) is 0. The first-order valence-electron chi connectivity index (χ1n) is 11.0. The minimum absolute atomic E-state index is 0.00252. The number of alkyl carbamates (subject to hydrolysis) is 1. The number of carbonyl (C=O) groups is 1. The average molecular weight is 498 g/mol. The summed E-state index contributed by atoms with van der Waals surface area (Å²) in [6, 6.07) is 18.3. The Balaban J connectivity index is 1.31. The normalized spacial score (nSPS) is 14.0. The van der Waals surface area contributed by atoms with Crippen molar-refractivity contribution in [3.8, 4) is 11.1 Å². The number of nitrogens with zero attached hydrogens (tertiary/aromatic N) is 1. The molecule has 182 valence electrons. The number of nitrogen functional groups attached to an aromatic ring is 1. The number of aliphatic hydroxyl groups excluding tert-OH is 2. The Morgan fingerprint density at radius 1 is 1.11 bits per heavy atom. The van der Waals surface area contributed by atoms with E-state index in [1.54, 1.807) is 0 Å². The van der Waals surface area contributed by atoms with Crippen molar-refractivity contribution in [2.45, 2.75) is 24.5 Å². The third-order valence-electron chi connectivity index (χ3n) is 6.09. The molecule has 4 rings (SSSR count). The number of anilines is 1. The zero-order valence-corrected chi connectivity index (χ0v) is 19.3. The van der Waals surface area contributed by atoms with Gasteiger partial charge in [-0.2, -0.15) is 0 Å². The summed E-state index contributed by atoms with van der Waals surface area (Å²) in [5.41, 5.74) is 9.39. The number of nitrogens with one attached hydrogen (secondary N) is 1. The quantitative estimate of drug-likeness (QED) is 0.207. The SMILES string of the molecule is Nc1c(C(O)C(O)CCNC(=O)OCC2c3ccccc3-c3ccccc32)cc(Cl)cc1[N+](=O)[O-]. The van der Waals surface area contributed by atoms with Crippen molar-refractivity contribution >= 4 is 29.1 Å². The number of fused-ring (bicyclic) bond motifs is 3. The Bertz CT molecular complexity index is 1220. The first-order valence-corrected chi connectivity index (χ1v) is 11.3. The zero-order valence-electron chi connectivity index (χ0n) is 18.6. The van der Waals surface area contributed by atoms with E-state index >= 15 is 0 Å². The van der Waals surface area contributed by atoms with Crippen molar-refractivity contribution in [2.75, 3.05) is 18.9 Å². The molecule has 0 saturated heterocycles. The van der Waals surface area contributed by atoms with Crippen molar-refractivity contribution in [3.63, 3.8) is 0 Å². The van der Waals surface area contributed by atoms with Crippen molar-refractivity contribution in [1.29, 1.82) is 0 Å². The number of nitro groups is 1. The highest BCUT2D eigenvalue weighted by Crippen LogP contribution is 2.44. The van der Waals surface area contributed by atoms with Crippen molar-refractivity contribution in [2.24, 2.45) is 0 Å². The number of nitrogens with two attached hydrogens (primary N) is 1. The number of carbonyl (C=O) groups excluding carboxylic acids is 1. The molecule has 1 aliphatic carbocycles. The van der Waals surface area contributed by atoms with E-state index in [-0.39, 0.29) is 41.8 Å². The van der Waals surface area contributed by atoms with Gasteiger partial charge in [0.25, 0.3) is 5.69 Å². The van der Waals surface area contributed by atoms with Crippen LogP contribution < -0.4 is 11.1 Å². The van der Waals surface area contributed by atoms with E-state index in [9.17, 15) is 25.1 Å². The summed E-state index contributed by atoms with van der Waals surface area (Å²) in [5, 5.41) is 34.5. The van der Waals surface area contributed by atoms with Gasteiger partial charge in [0.2, 0.25) is 0 Å². The lowest BCUT2D eigenvalue weighted by Gasteiger charge is -2.20. The molecule has 3 aromatic rings. The van der Waals surface area contributed by atoms with E-state index in [0.717, 1.165) is 28.3 Å². The fourth-order valence-electron chi connectivity index (χ4n) is 4.36. The van der Waals surface area contributed by atoms with E-state index < -0.39 is 28.9 Å². The minimum atomic E-state index is -1.53. The zero-order chi connectivity index (χ0) is 25.1. The van der Waals surface area contributed by atoms with Crippen LogP contribution in [0, 0.1) is 10.1 Å². The van der Waals surface area contributed by atoms with Crippen LogP contribution in [0.3, 0.4) is 0 Å². The monoisotopic (exact) mass is 497 g/mol. The van der Waals surface area contributed by atoms with Gasteiger partial charge in [0.1, 0.15) is 18.4 Å². The minimum Gasteiger partial charge on any atom is -0.449 e. The number of nitro benzene ring substituents is 1. The van der Waals surface area contributed by atoms with Gasteiger partial charge < -0.3 is 26.0 Å². The fraction of sp³-hybridized carbons (Fsp3) is 0.240. The number of halogens is 1. The largest absolute Gasteiger partial charge is 0.449 e. The molecule has 0 aromatic heterocycles. The Morgan fingerprint density at radius 2 is 1.71 bits per heavy atom. The molecular formula is C25H24ClN3O6. The lowest BCUT2D eigenvalue weighted by atomic mass is 9.98. The summed E-state index contributed by atoms with van der Waals surface area (Å²) < 4.78 is 5.44. The molecule has 0 saturated carbocycles. The number of ether oxygens (including phenoxy) is 1. The Kier molecular flexibility index (Phi) is 7.20. The van der Waals surface area contributed by atoms with Gasteiger partial charge >= 0.3 is 6.09 Å². The van der Waals surface area contributed by atoms with Gasteiger partial charge in [-0.1, -0.05) is 60.1 Å². The van der Waals surface area contributed by atoms with E-state index in [1.807, 2.05) is 48.5 Å². The summed E-state index contributed by atoms with van der Waals surface area (Å²) in [6.45, 7) is 0.144. The molecule has 0 spiro atoms. The van der Waals surface area contributed by atoms with Crippen LogP contribution >= 0.6 is 11.6 Å². The van der Waals surface area contributed by atoms with E-state index in [4.69, 9.17) is 22.1 Å². The number of hydrogen-bond acceptors (Lipinski definition) is 7. The molecule has 1 amide bonds. The van der Waals surface area contributed by atoms with Gasteiger partial charge in [-0.05, 0) is 34.7 Å².